The molecule has 1 rings (SSSR count). The van der Waals surface area contributed by atoms with E-state index in [0.29, 0.717) is 13.0 Å². The average molecular weight is 268 g/mol. The molecule has 0 spiro atoms. The Hall–Kier alpha value is -0.830. The summed E-state index contributed by atoms with van der Waals surface area (Å²) >= 11 is 0. The molecule has 0 amide bonds. The first-order valence-corrected chi connectivity index (χ1v) is 7.20. The fraction of sp³-hybridized carbons (Fsp3) is 0.812. The SMILES string of the molecule is CCC(=O)OCC(C)(C)OC(C)C1=CC(C)(C)CC1. The number of hydrogen-bond donors (Lipinski definition) is 0. The summed E-state index contributed by atoms with van der Waals surface area (Å²) in [7, 11) is 0. The van der Waals surface area contributed by atoms with Crippen molar-refractivity contribution in [3.63, 3.8) is 0 Å². The molecule has 1 aliphatic rings. The van der Waals surface area contributed by atoms with E-state index in [-0.39, 0.29) is 17.5 Å². The smallest absolute Gasteiger partial charge is 0.305 e. The highest BCUT2D eigenvalue weighted by Gasteiger charge is 2.30. The van der Waals surface area contributed by atoms with E-state index in [0.717, 1.165) is 6.42 Å². The molecule has 0 fully saturated rings. The molecule has 1 atom stereocenters. The number of hydrogen-bond acceptors (Lipinski definition) is 3. The van der Waals surface area contributed by atoms with Crippen LogP contribution >= 0.6 is 0 Å². The van der Waals surface area contributed by atoms with Crippen LogP contribution in [0, 0.1) is 5.41 Å². The van der Waals surface area contributed by atoms with Gasteiger partial charge in [-0.05, 0) is 44.6 Å². The van der Waals surface area contributed by atoms with Gasteiger partial charge in [0.1, 0.15) is 6.61 Å². The van der Waals surface area contributed by atoms with Crippen molar-refractivity contribution in [1.29, 1.82) is 0 Å². The number of carbonyl (C=O) groups is 1. The number of allylic oxidation sites excluding steroid dienone is 1. The van der Waals surface area contributed by atoms with Crippen LogP contribution in [-0.4, -0.2) is 24.3 Å². The first-order valence-electron chi connectivity index (χ1n) is 7.20. The van der Waals surface area contributed by atoms with Gasteiger partial charge in [-0.1, -0.05) is 26.8 Å². The molecule has 3 nitrogen and oxygen atoms in total. The predicted molar refractivity (Wildman–Crippen MR) is 77.0 cm³/mol. The Morgan fingerprint density at radius 3 is 2.58 bits per heavy atom. The molecule has 0 aliphatic heterocycles. The molecule has 1 aliphatic carbocycles. The van der Waals surface area contributed by atoms with Gasteiger partial charge in [-0.3, -0.25) is 4.79 Å². The van der Waals surface area contributed by atoms with Crippen molar-refractivity contribution in [3.8, 4) is 0 Å². The van der Waals surface area contributed by atoms with Crippen LogP contribution in [0.3, 0.4) is 0 Å². The molecule has 19 heavy (non-hydrogen) atoms. The van der Waals surface area contributed by atoms with Gasteiger partial charge in [0.15, 0.2) is 0 Å². The van der Waals surface area contributed by atoms with Crippen molar-refractivity contribution in [2.75, 3.05) is 6.61 Å². The van der Waals surface area contributed by atoms with Crippen LogP contribution in [0.5, 0.6) is 0 Å². The van der Waals surface area contributed by atoms with Gasteiger partial charge in [0.25, 0.3) is 0 Å². The molecular weight excluding hydrogens is 240 g/mol. The maximum Gasteiger partial charge on any atom is 0.305 e. The van der Waals surface area contributed by atoms with Crippen LogP contribution in [0.15, 0.2) is 11.6 Å². The third kappa shape index (κ3) is 5.35. The lowest BCUT2D eigenvalue weighted by molar-refractivity contribution is -0.155. The zero-order chi connectivity index (χ0) is 14.7. The Morgan fingerprint density at radius 1 is 1.47 bits per heavy atom. The molecule has 1 unspecified atom stereocenters. The molecule has 0 N–H and O–H groups in total. The number of esters is 1. The third-order valence-corrected chi connectivity index (χ3v) is 3.52. The third-order valence-electron chi connectivity index (χ3n) is 3.52. The van der Waals surface area contributed by atoms with Gasteiger partial charge < -0.3 is 9.47 Å². The van der Waals surface area contributed by atoms with Crippen molar-refractivity contribution < 1.29 is 14.3 Å². The topological polar surface area (TPSA) is 35.5 Å². The maximum absolute atomic E-state index is 11.2. The molecule has 110 valence electrons. The van der Waals surface area contributed by atoms with Crippen molar-refractivity contribution >= 4 is 5.97 Å². The molecular formula is C16H28O3. The second kappa shape index (κ2) is 6.08. The van der Waals surface area contributed by atoms with E-state index in [9.17, 15) is 4.79 Å². The molecule has 0 saturated carbocycles. The van der Waals surface area contributed by atoms with Gasteiger partial charge in [-0.15, -0.1) is 0 Å². The Bertz CT molecular complexity index is 353. The lowest BCUT2D eigenvalue weighted by atomic mass is 9.94. The van der Waals surface area contributed by atoms with E-state index < -0.39 is 5.60 Å². The quantitative estimate of drug-likeness (QED) is 0.542. The van der Waals surface area contributed by atoms with Gasteiger partial charge in [0, 0.05) is 6.42 Å². The Morgan fingerprint density at radius 2 is 2.11 bits per heavy atom. The number of carbonyl (C=O) groups excluding carboxylic acids is 1. The molecule has 0 aromatic heterocycles. The van der Waals surface area contributed by atoms with E-state index in [1.807, 2.05) is 13.8 Å². The second-order valence-electron chi connectivity index (χ2n) is 6.74. The maximum atomic E-state index is 11.2. The van der Waals surface area contributed by atoms with Gasteiger partial charge in [-0.25, -0.2) is 0 Å². The van der Waals surface area contributed by atoms with Crippen LogP contribution in [0.1, 0.15) is 60.8 Å². The summed E-state index contributed by atoms with van der Waals surface area (Å²) in [4.78, 5) is 11.2. The lowest BCUT2D eigenvalue weighted by Crippen LogP contribution is -2.35. The molecule has 0 heterocycles. The summed E-state index contributed by atoms with van der Waals surface area (Å²) < 4.78 is 11.2. The van der Waals surface area contributed by atoms with Crippen molar-refractivity contribution in [2.45, 2.75) is 72.5 Å². The first kappa shape index (κ1) is 16.2. The number of rotatable bonds is 6. The van der Waals surface area contributed by atoms with Gasteiger partial charge >= 0.3 is 5.97 Å². The van der Waals surface area contributed by atoms with E-state index in [2.05, 4.69) is 26.8 Å². The average Bonchev–Trinajstić information content (AvgIpc) is 2.66. The molecule has 0 bridgehead atoms. The van der Waals surface area contributed by atoms with Crippen LogP contribution in [0.4, 0.5) is 0 Å². The van der Waals surface area contributed by atoms with Crippen LogP contribution < -0.4 is 0 Å². The van der Waals surface area contributed by atoms with Gasteiger partial charge in [-0.2, -0.15) is 0 Å². The van der Waals surface area contributed by atoms with Crippen molar-refractivity contribution in [2.24, 2.45) is 5.41 Å². The molecule has 3 heteroatoms. The largest absolute Gasteiger partial charge is 0.463 e. The Kier molecular flexibility index (Phi) is 5.19. The van der Waals surface area contributed by atoms with Crippen molar-refractivity contribution in [3.05, 3.63) is 11.6 Å². The zero-order valence-electron chi connectivity index (χ0n) is 13.2. The van der Waals surface area contributed by atoms with Crippen LogP contribution in [0.2, 0.25) is 0 Å². The molecule has 0 aromatic rings. The highest BCUT2D eigenvalue weighted by Crippen LogP contribution is 2.37. The minimum absolute atomic E-state index is 0.0807. The zero-order valence-corrected chi connectivity index (χ0v) is 13.2. The van der Waals surface area contributed by atoms with E-state index >= 15 is 0 Å². The summed E-state index contributed by atoms with van der Waals surface area (Å²) in [6.45, 7) is 12.6. The van der Waals surface area contributed by atoms with Crippen LogP contribution in [0.25, 0.3) is 0 Å². The monoisotopic (exact) mass is 268 g/mol. The second-order valence-corrected chi connectivity index (χ2v) is 6.74. The Labute approximate surface area is 117 Å². The highest BCUT2D eigenvalue weighted by molar-refractivity contribution is 5.68. The predicted octanol–water partition coefficient (Wildman–Crippen LogP) is 3.87. The van der Waals surface area contributed by atoms with E-state index in [4.69, 9.17) is 9.47 Å². The fourth-order valence-corrected chi connectivity index (χ4v) is 2.38. The normalized spacial score (nSPS) is 20.0. The Balaban J connectivity index is 2.51. The van der Waals surface area contributed by atoms with E-state index in [1.54, 1.807) is 6.92 Å². The standard InChI is InChI=1S/C16H28O3/c1-7-14(17)18-11-16(5,6)19-12(2)13-8-9-15(3,4)10-13/h10,12H,7-9,11H2,1-6H3. The minimum Gasteiger partial charge on any atom is -0.463 e. The highest BCUT2D eigenvalue weighted by atomic mass is 16.6. The summed E-state index contributed by atoms with van der Waals surface area (Å²) in [5.74, 6) is -0.175. The summed E-state index contributed by atoms with van der Waals surface area (Å²) in [5.41, 5.74) is 1.20. The first-order chi connectivity index (χ1) is 8.65. The molecule has 0 radical (unpaired) electrons. The molecule has 0 saturated heterocycles. The summed E-state index contributed by atoms with van der Waals surface area (Å²) in [5, 5.41) is 0. The number of ether oxygens (including phenoxy) is 2. The van der Waals surface area contributed by atoms with E-state index in [1.165, 1.54) is 12.0 Å². The fourth-order valence-electron chi connectivity index (χ4n) is 2.38. The minimum atomic E-state index is -0.447. The summed E-state index contributed by atoms with van der Waals surface area (Å²) in [6, 6.07) is 0. The van der Waals surface area contributed by atoms with Crippen molar-refractivity contribution in [1.82, 2.24) is 0 Å². The summed E-state index contributed by atoms with van der Waals surface area (Å²) in [6.07, 6.45) is 5.09. The lowest BCUT2D eigenvalue weighted by Gasteiger charge is -2.29. The van der Waals surface area contributed by atoms with Gasteiger partial charge in [0.05, 0.1) is 11.7 Å². The van der Waals surface area contributed by atoms with Gasteiger partial charge in [0.2, 0.25) is 0 Å². The van der Waals surface area contributed by atoms with Crippen LogP contribution in [-0.2, 0) is 14.3 Å². The molecule has 0 aromatic carbocycles.